The summed E-state index contributed by atoms with van der Waals surface area (Å²) in [5.74, 6) is 3.16. The maximum absolute atomic E-state index is 6.15. The number of rotatable bonds is 7. The van der Waals surface area contributed by atoms with Gasteiger partial charge in [0.05, 0.1) is 21.7 Å². The minimum absolute atomic E-state index is 0.434. The van der Waals surface area contributed by atoms with E-state index in [1.165, 1.54) is 43.5 Å². The molecule has 3 aromatic heterocycles. The zero-order valence-corrected chi connectivity index (χ0v) is 22.2. The quantitative estimate of drug-likeness (QED) is 0.220. The molecule has 0 N–H and O–H groups in total. The lowest BCUT2D eigenvalue weighted by Crippen LogP contribution is -2.13. The van der Waals surface area contributed by atoms with Gasteiger partial charge in [-0.15, -0.1) is 0 Å². The third-order valence-corrected chi connectivity index (χ3v) is 7.45. The largest absolute Gasteiger partial charge is 0.487 e. The SMILES string of the molecule is Cc1ccc(COc2ccc3nc(C4CCCCC4)n(Cc4ccc(-c5ncc(Cl)cn5)cc4)c3c2)nc1. The van der Waals surface area contributed by atoms with Crippen molar-refractivity contribution < 1.29 is 4.74 Å². The third kappa shape index (κ3) is 5.41. The van der Waals surface area contributed by atoms with Crippen molar-refractivity contribution in [2.75, 3.05) is 0 Å². The van der Waals surface area contributed by atoms with Gasteiger partial charge < -0.3 is 9.30 Å². The van der Waals surface area contributed by atoms with Gasteiger partial charge in [-0.3, -0.25) is 4.98 Å². The predicted octanol–water partition coefficient (Wildman–Crippen LogP) is 7.53. The standard InChI is InChI=1S/C31H30ClN5O/c1-21-7-12-26(33-16-21)20-38-27-13-14-28-29(15-27)37(31(36-28)24-5-3-2-4-6-24)19-22-8-10-23(11-9-22)30-34-17-25(32)18-35-30/h7-18,24H,2-6,19-20H2,1H3. The molecule has 192 valence electrons. The molecule has 1 fully saturated rings. The van der Waals surface area contributed by atoms with E-state index in [1.54, 1.807) is 12.4 Å². The van der Waals surface area contributed by atoms with Gasteiger partial charge in [-0.25, -0.2) is 15.0 Å². The van der Waals surface area contributed by atoms with Crippen molar-refractivity contribution in [1.82, 2.24) is 24.5 Å². The molecule has 1 aliphatic carbocycles. The summed E-state index contributed by atoms with van der Waals surface area (Å²) in [5.41, 5.74) is 6.34. The monoisotopic (exact) mass is 523 g/mol. The minimum atomic E-state index is 0.434. The van der Waals surface area contributed by atoms with Crippen molar-refractivity contribution in [1.29, 1.82) is 0 Å². The molecule has 6 rings (SSSR count). The van der Waals surface area contributed by atoms with E-state index in [-0.39, 0.29) is 0 Å². The Morgan fingerprint density at radius 3 is 2.42 bits per heavy atom. The topological polar surface area (TPSA) is 65.7 Å². The first-order valence-electron chi connectivity index (χ1n) is 13.2. The minimum Gasteiger partial charge on any atom is -0.487 e. The summed E-state index contributed by atoms with van der Waals surface area (Å²) in [6.07, 6.45) is 11.4. The summed E-state index contributed by atoms with van der Waals surface area (Å²) >= 11 is 5.95. The number of nitrogens with zero attached hydrogens (tertiary/aromatic N) is 5. The van der Waals surface area contributed by atoms with E-state index in [2.05, 4.69) is 62.0 Å². The van der Waals surface area contributed by atoms with Crippen molar-refractivity contribution in [3.8, 4) is 17.1 Å². The third-order valence-electron chi connectivity index (χ3n) is 7.25. The van der Waals surface area contributed by atoms with Crippen LogP contribution >= 0.6 is 11.6 Å². The van der Waals surface area contributed by atoms with Crippen LogP contribution in [-0.4, -0.2) is 24.5 Å². The van der Waals surface area contributed by atoms with Crippen LogP contribution in [0.1, 0.15) is 60.7 Å². The van der Waals surface area contributed by atoms with Crippen LogP contribution in [-0.2, 0) is 13.2 Å². The zero-order chi connectivity index (χ0) is 25.9. The highest BCUT2D eigenvalue weighted by Crippen LogP contribution is 2.35. The highest BCUT2D eigenvalue weighted by molar-refractivity contribution is 6.30. The number of aromatic nitrogens is 5. The van der Waals surface area contributed by atoms with E-state index in [1.807, 2.05) is 25.3 Å². The van der Waals surface area contributed by atoms with E-state index < -0.39 is 0 Å². The summed E-state index contributed by atoms with van der Waals surface area (Å²) < 4.78 is 8.53. The second-order valence-electron chi connectivity index (χ2n) is 10.1. The Balaban J connectivity index is 1.30. The fraction of sp³-hybridized carbons (Fsp3) is 0.290. The molecule has 0 spiro atoms. The lowest BCUT2D eigenvalue weighted by atomic mass is 9.88. The molecule has 0 atom stereocenters. The molecule has 6 nitrogen and oxygen atoms in total. The number of ether oxygens (including phenoxy) is 1. The number of imidazole rings is 1. The molecule has 0 radical (unpaired) electrons. The van der Waals surface area contributed by atoms with E-state index >= 15 is 0 Å². The van der Waals surface area contributed by atoms with Gasteiger partial charge in [0.1, 0.15) is 18.2 Å². The first-order chi connectivity index (χ1) is 18.6. The van der Waals surface area contributed by atoms with Crippen LogP contribution < -0.4 is 4.74 Å². The number of fused-ring (bicyclic) bond motifs is 1. The molecule has 0 bridgehead atoms. The Kier molecular flexibility index (Phi) is 7.06. The molecule has 2 aromatic carbocycles. The molecule has 1 aliphatic rings. The number of halogens is 1. The van der Waals surface area contributed by atoms with Gasteiger partial charge in [-0.05, 0) is 49.1 Å². The Morgan fingerprint density at radius 1 is 0.895 bits per heavy atom. The molecular weight excluding hydrogens is 494 g/mol. The summed E-state index contributed by atoms with van der Waals surface area (Å²) in [4.78, 5) is 18.3. The molecule has 1 saturated carbocycles. The molecule has 0 amide bonds. The number of pyridine rings is 1. The van der Waals surface area contributed by atoms with Crippen LogP contribution in [0.2, 0.25) is 5.02 Å². The molecule has 38 heavy (non-hydrogen) atoms. The van der Waals surface area contributed by atoms with Crippen molar-refractivity contribution >= 4 is 22.6 Å². The van der Waals surface area contributed by atoms with E-state index in [4.69, 9.17) is 21.3 Å². The van der Waals surface area contributed by atoms with Gasteiger partial charge in [0.15, 0.2) is 5.82 Å². The predicted molar refractivity (Wildman–Crippen MR) is 150 cm³/mol. The molecule has 7 heteroatoms. The maximum atomic E-state index is 6.15. The average Bonchev–Trinajstić information content (AvgIpc) is 3.31. The smallest absolute Gasteiger partial charge is 0.159 e. The molecule has 0 saturated heterocycles. The van der Waals surface area contributed by atoms with Crippen molar-refractivity contribution in [3.63, 3.8) is 0 Å². The van der Waals surface area contributed by atoms with Crippen molar-refractivity contribution in [2.45, 2.75) is 58.1 Å². The average molecular weight is 524 g/mol. The second kappa shape index (κ2) is 10.9. The van der Waals surface area contributed by atoms with E-state index in [0.717, 1.165) is 40.1 Å². The highest BCUT2D eigenvalue weighted by atomic mass is 35.5. The van der Waals surface area contributed by atoms with E-state index in [9.17, 15) is 0 Å². The lowest BCUT2D eigenvalue weighted by molar-refractivity contribution is 0.301. The normalized spacial score (nSPS) is 14.2. The number of aryl methyl sites for hydroxylation is 1. The molecule has 0 unspecified atom stereocenters. The van der Waals surface area contributed by atoms with Crippen LogP contribution in [0.15, 0.2) is 73.2 Å². The Hall–Kier alpha value is -3.77. The van der Waals surface area contributed by atoms with E-state index in [0.29, 0.717) is 23.4 Å². The van der Waals surface area contributed by atoms with Gasteiger partial charge in [0, 0.05) is 42.7 Å². The van der Waals surface area contributed by atoms with Crippen LogP contribution in [0.25, 0.3) is 22.4 Å². The van der Waals surface area contributed by atoms with Gasteiger partial charge in [0.2, 0.25) is 0 Å². The maximum Gasteiger partial charge on any atom is 0.159 e. The Bertz CT molecular complexity index is 1520. The summed E-state index contributed by atoms with van der Waals surface area (Å²) in [6.45, 7) is 3.21. The van der Waals surface area contributed by atoms with Crippen molar-refractivity contribution in [2.24, 2.45) is 0 Å². The van der Waals surface area contributed by atoms with Gasteiger partial charge in [0.25, 0.3) is 0 Å². The Morgan fingerprint density at radius 2 is 1.68 bits per heavy atom. The van der Waals surface area contributed by atoms with Gasteiger partial charge in [-0.1, -0.05) is 61.2 Å². The van der Waals surface area contributed by atoms with Crippen LogP contribution in [0.4, 0.5) is 0 Å². The number of hydrogen-bond donors (Lipinski definition) is 0. The second-order valence-corrected chi connectivity index (χ2v) is 10.5. The lowest BCUT2D eigenvalue weighted by Gasteiger charge is -2.22. The van der Waals surface area contributed by atoms with Crippen LogP contribution in [0.5, 0.6) is 5.75 Å². The van der Waals surface area contributed by atoms with Crippen molar-refractivity contribution in [3.05, 3.63) is 101 Å². The first-order valence-corrected chi connectivity index (χ1v) is 13.6. The van der Waals surface area contributed by atoms with Crippen LogP contribution in [0.3, 0.4) is 0 Å². The van der Waals surface area contributed by atoms with Gasteiger partial charge in [-0.2, -0.15) is 0 Å². The summed E-state index contributed by atoms with van der Waals surface area (Å²) in [7, 11) is 0. The zero-order valence-electron chi connectivity index (χ0n) is 21.5. The molecule has 0 aliphatic heterocycles. The Labute approximate surface area is 227 Å². The fourth-order valence-corrected chi connectivity index (χ4v) is 5.29. The number of benzene rings is 2. The molecule has 3 heterocycles. The first kappa shape index (κ1) is 24.6. The summed E-state index contributed by atoms with van der Waals surface area (Å²) in [6, 6.07) is 18.7. The van der Waals surface area contributed by atoms with Gasteiger partial charge >= 0.3 is 0 Å². The fourth-order valence-electron chi connectivity index (χ4n) is 5.19. The number of hydrogen-bond acceptors (Lipinski definition) is 5. The molecular formula is C31H30ClN5O. The summed E-state index contributed by atoms with van der Waals surface area (Å²) in [5, 5.41) is 0.533. The van der Waals surface area contributed by atoms with Crippen LogP contribution in [0, 0.1) is 6.92 Å². The highest BCUT2D eigenvalue weighted by Gasteiger charge is 2.23. The molecule has 5 aromatic rings.